The standard InChI is InChI=1S/C16H19NO3/c1-3-6-11(2)10-20-15-9-13(16(18)19)12-7-4-5-8-14(12)17-15/h4-5,7-9,11H,3,6,10H2,1-2H3,(H,18,19). The minimum absolute atomic E-state index is 0.230. The molecule has 0 bridgehead atoms. The molecule has 1 heterocycles. The van der Waals surface area contributed by atoms with Crippen molar-refractivity contribution in [1.29, 1.82) is 0 Å². The molecule has 4 nitrogen and oxygen atoms in total. The molecular formula is C16H19NO3. The summed E-state index contributed by atoms with van der Waals surface area (Å²) in [4.78, 5) is 15.7. The third-order valence-electron chi connectivity index (χ3n) is 3.22. The lowest BCUT2D eigenvalue weighted by atomic mass is 10.1. The lowest BCUT2D eigenvalue weighted by Gasteiger charge is -2.12. The molecule has 0 saturated heterocycles. The van der Waals surface area contributed by atoms with Crippen LogP contribution in [-0.4, -0.2) is 22.7 Å². The van der Waals surface area contributed by atoms with E-state index in [4.69, 9.17) is 4.74 Å². The topological polar surface area (TPSA) is 59.4 Å². The number of carbonyl (C=O) groups is 1. The second-order valence-electron chi connectivity index (χ2n) is 5.04. The maximum absolute atomic E-state index is 11.3. The molecule has 0 spiro atoms. The summed E-state index contributed by atoms with van der Waals surface area (Å²) in [6.07, 6.45) is 2.19. The zero-order valence-electron chi connectivity index (χ0n) is 11.8. The van der Waals surface area contributed by atoms with Gasteiger partial charge in [-0.15, -0.1) is 0 Å². The number of aromatic nitrogens is 1. The Kier molecular flexibility index (Phi) is 4.56. The highest BCUT2D eigenvalue weighted by Gasteiger charge is 2.12. The summed E-state index contributed by atoms with van der Waals surface area (Å²) in [6.45, 7) is 4.80. The summed E-state index contributed by atoms with van der Waals surface area (Å²) in [7, 11) is 0. The van der Waals surface area contributed by atoms with E-state index in [1.54, 1.807) is 18.2 Å². The molecule has 4 heteroatoms. The van der Waals surface area contributed by atoms with E-state index in [0.717, 1.165) is 12.8 Å². The van der Waals surface area contributed by atoms with Crippen molar-refractivity contribution in [3.05, 3.63) is 35.9 Å². The molecular weight excluding hydrogens is 254 g/mol. The minimum Gasteiger partial charge on any atom is -0.478 e. The molecule has 0 aliphatic heterocycles. The highest BCUT2D eigenvalue weighted by atomic mass is 16.5. The van der Waals surface area contributed by atoms with Crippen molar-refractivity contribution in [2.24, 2.45) is 5.92 Å². The molecule has 2 rings (SSSR count). The molecule has 1 unspecified atom stereocenters. The Hall–Kier alpha value is -2.10. The van der Waals surface area contributed by atoms with Crippen LogP contribution in [-0.2, 0) is 0 Å². The highest BCUT2D eigenvalue weighted by molar-refractivity contribution is 6.02. The molecule has 106 valence electrons. The predicted molar refractivity (Wildman–Crippen MR) is 78.3 cm³/mol. The van der Waals surface area contributed by atoms with Crippen LogP contribution in [0, 0.1) is 5.92 Å². The smallest absolute Gasteiger partial charge is 0.336 e. The molecule has 1 aromatic carbocycles. The Bertz CT molecular complexity index is 610. The molecule has 0 radical (unpaired) electrons. The van der Waals surface area contributed by atoms with Gasteiger partial charge in [0, 0.05) is 11.5 Å². The Balaban J connectivity index is 2.28. The molecule has 0 amide bonds. The number of pyridine rings is 1. The van der Waals surface area contributed by atoms with Crippen molar-refractivity contribution in [1.82, 2.24) is 4.98 Å². The summed E-state index contributed by atoms with van der Waals surface area (Å²) in [5, 5.41) is 9.92. The number of rotatable bonds is 6. The van der Waals surface area contributed by atoms with Gasteiger partial charge in [0.2, 0.25) is 5.88 Å². The van der Waals surface area contributed by atoms with Gasteiger partial charge in [-0.2, -0.15) is 0 Å². The molecule has 0 fully saturated rings. The van der Waals surface area contributed by atoms with Crippen molar-refractivity contribution in [2.45, 2.75) is 26.7 Å². The molecule has 2 aromatic rings. The van der Waals surface area contributed by atoms with Gasteiger partial charge in [-0.05, 0) is 18.4 Å². The quantitative estimate of drug-likeness (QED) is 0.870. The Morgan fingerprint density at radius 3 is 2.85 bits per heavy atom. The van der Waals surface area contributed by atoms with Gasteiger partial charge in [0.05, 0.1) is 17.7 Å². The zero-order chi connectivity index (χ0) is 14.5. The lowest BCUT2D eigenvalue weighted by Crippen LogP contribution is -2.10. The number of fused-ring (bicyclic) bond motifs is 1. The number of hydrogen-bond acceptors (Lipinski definition) is 3. The van der Waals surface area contributed by atoms with Crippen LogP contribution in [0.1, 0.15) is 37.0 Å². The third kappa shape index (κ3) is 3.26. The van der Waals surface area contributed by atoms with Crippen LogP contribution in [0.2, 0.25) is 0 Å². The fourth-order valence-corrected chi connectivity index (χ4v) is 2.21. The first kappa shape index (κ1) is 14.3. The van der Waals surface area contributed by atoms with E-state index in [1.165, 1.54) is 6.07 Å². The summed E-state index contributed by atoms with van der Waals surface area (Å²) >= 11 is 0. The number of nitrogens with zero attached hydrogens (tertiary/aromatic N) is 1. The van der Waals surface area contributed by atoms with Gasteiger partial charge in [0.1, 0.15) is 0 Å². The van der Waals surface area contributed by atoms with Gasteiger partial charge in [-0.25, -0.2) is 9.78 Å². The van der Waals surface area contributed by atoms with Gasteiger partial charge >= 0.3 is 5.97 Å². The number of para-hydroxylation sites is 1. The second-order valence-corrected chi connectivity index (χ2v) is 5.04. The van der Waals surface area contributed by atoms with E-state index in [-0.39, 0.29) is 5.56 Å². The average Bonchev–Trinajstić information content (AvgIpc) is 2.44. The first-order valence-corrected chi connectivity index (χ1v) is 6.87. The van der Waals surface area contributed by atoms with Gasteiger partial charge in [-0.3, -0.25) is 0 Å². The molecule has 20 heavy (non-hydrogen) atoms. The largest absolute Gasteiger partial charge is 0.478 e. The lowest BCUT2D eigenvalue weighted by molar-refractivity contribution is 0.0698. The number of ether oxygens (including phenoxy) is 1. The maximum atomic E-state index is 11.3. The minimum atomic E-state index is -0.963. The van der Waals surface area contributed by atoms with Crippen molar-refractivity contribution in [2.75, 3.05) is 6.61 Å². The summed E-state index contributed by atoms with van der Waals surface area (Å²) in [5.41, 5.74) is 0.874. The monoisotopic (exact) mass is 273 g/mol. The number of benzene rings is 1. The second kappa shape index (κ2) is 6.37. The van der Waals surface area contributed by atoms with E-state index in [0.29, 0.717) is 29.3 Å². The Morgan fingerprint density at radius 2 is 2.15 bits per heavy atom. The third-order valence-corrected chi connectivity index (χ3v) is 3.22. The molecule has 0 aliphatic carbocycles. The van der Waals surface area contributed by atoms with Crippen LogP contribution >= 0.6 is 0 Å². The predicted octanol–water partition coefficient (Wildman–Crippen LogP) is 3.75. The summed E-state index contributed by atoms with van der Waals surface area (Å²) in [6, 6.07) is 8.70. The summed E-state index contributed by atoms with van der Waals surface area (Å²) < 4.78 is 5.64. The normalized spacial score (nSPS) is 12.3. The van der Waals surface area contributed by atoms with Crippen molar-refractivity contribution < 1.29 is 14.6 Å². The fourth-order valence-electron chi connectivity index (χ4n) is 2.21. The molecule has 1 aromatic heterocycles. The van der Waals surface area contributed by atoms with Gasteiger partial charge in [0.25, 0.3) is 0 Å². The number of carboxylic acid groups (broad SMARTS) is 1. The van der Waals surface area contributed by atoms with Gasteiger partial charge in [-0.1, -0.05) is 38.5 Å². The van der Waals surface area contributed by atoms with Crippen LogP contribution in [0.5, 0.6) is 5.88 Å². The van der Waals surface area contributed by atoms with E-state index >= 15 is 0 Å². The van der Waals surface area contributed by atoms with Crippen LogP contribution in [0.3, 0.4) is 0 Å². The Labute approximate surface area is 118 Å². The SMILES string of the molecule is CCCC(C)COc1cc(C(=O)O)c2ccccc2n1. The molecule has 1 atom stereocenters. The number of carboxylic acids is 1. The van der Waals surface area contributed by atoms with Crippen LogP contribution < -0.4 is 4.74 Å². The first-order valence-electron chi connectivity index (χ1n) is 6.87. The van der Waals surface area contributed by atoms with E-state index in [9.17, 15) is 9.90 Å². The van der Waals surface area contributed by atoms with Crippen LogP contribution in [0.4, 0.5) is 0 Å². The van der Waals surface area contributed by atoms with Crippen molar-refractivity contribution in [3.8, 4) is 5.88 Å². The van der Waals surface area contributed by atoms with E-state index < -0.39 is 5.97 Å². The molecule has 0 aliphatic rings. The van der Waals surface area contributed by atoms with Crippen molar-refractivity contribution >= 4 is 16.9 Å². The van der Waals surface area contributed by atoms with Gasteiger partial charge in [0.15, 0.2) is 0 Å². The number of aromatic carboxylic acids is 1. The first-order chi connectivity index (χ1) is 9.61. The average molecular weight is 273 g/mol. The van der Waals surface area contributed by atoms with Gasteiger partial charge < -0.3 is 9.84 Å². The van der Waals surface area contributed by atoms with Crippen LogP contribution in [0.25, 0.3) is 10.9 Å². The molecule has 1 N–H and O–H groups in total. The Morgan fingerprint density at radius 1 is 1.40 bits per heavy atom. The van der Waals surface area contributed by atoms with E-state index in [1.807, 2.05) is 6.07 Å². The fraction of sp³-hybridized carbons (Fsp3) is 0.375. The van der Waals surface area contributed by atoms with Crippen LogP contribution in [0.15, 0.2) is 30.3 Å². The highest BCUT2D eigenvalue weighted by Crippen LogP contribution is 2.22. The van der Waals surface area contributed by atoms with E-state index in [2.05, 4.69) is 18.8 Å². The zero-order valence-corrected chi connectivity index (χ0v) is 11.8. The molecule has 0 saturated carbocycles. The maximum Gasteiger partial charge on any atom is 0.336 e. The van der Waals surface area contributed by atoms with Crippen molar-refractivity contribution in [3.63, 3.8) is 0 Å². The summed E-state index contributed by atoms with van der Waals surface area (Å²) in [5.74, 6) is -0.152. The number of hydrogen-bond donors (Lipinski definition) is 1.